The molecule has 1 aromatic carbocycles. The molecule has 2 aliphatic carbocycles. The van der Waals surface area contributed by atoms with Crippen LogP contribution in [0.25, 0.3) is 10.1 Å². The first kappa shape index (κ1) is 9.76. The largest absolute Gasteiger partial charge is 0.308 e. The maximum absolute atomic E-state index is 3.78. The summed E-state index contributed by atoms with van der Waals surface area (Å²) in [6, 6.07) is 9.60. The van der Waals surface area contributed by atoms with Gasteiger partial charge in [-0.05, 0) is 35.8 Å². The number of hydrogen-bond acceptors (Lipinski definition) is 2. The molecule has 0 radical (unpaired) electrons. The molecule has 1 N–H and O–H groups in total. The second-order valence-electron chi connectivity index (χ2n) is 5.78. The van der Waals surface area contributed by atoms with Gasteiger partial charge in [0.05, 0.1) is 0 Å². The fourth-order valence-electron chi connectivity index (χ4n) is 4.20. The van der Waals surface area contributed by atoms with E-state index in [1.165, 1.54) is 22.9 Å². The lowest BCUT2D eigenvalue weighted by Crippen LogP contribution is -2.29. The number of nitrogens with one attached hydrogen (secondary N) is 1. The van der Waals surface area contributed by atoms with Gasteiger partial charge in [0.2, 0.25) is 0 Å². The van der Waals surface area contributed by atoms with Gasteiger partial charge in [0.25, 0.3) is 0 Å². The Morgan fingerprint density at radius 1 is 1.28 bits per heavy atom. The number of fused-ring (bicyclic) bond motifs is 4. The average molecular weight is 253 g/mol. The van der Waals surface area contributed by atoms with Crippen LogP contribution in [0.4, 0.5) is 0 Å². The van der Waals surface area contributed by atoms with Gasteiger partial charge in [-0.25, -0.2) is 0 Å². The summed E-state index contributed by atoms with van der Waals surface area (Å²) in [7, 11) is 0. The Kier molecular flexibility index (Phi) is 1.66. The summed E-state index contributed by atoms with van der Waals surface area (Å²) >= 11 is 2.03. The first-order chi connectivity index (χ1) is 8.91. The Balaban J connectivity index is 1.83. The van der Waals surface area contributed by atoms with Crippen LogP contribution in [0, 0.1) is 5.92 Å². The first-order valence-electron chi connectivity index (χ1n) is 6.83. The Morgan fingerprint density at radius 2 is 2.22 bits per heavy atom. The molecule has 0 bridgehead atoms. The van der Waals surface area contributed by atoms with E-state index in [2.05, 4.69) is 41.7 Å². The van der Waals surface area contributed by atoms with Gasteiger partial charge < -0.3 is 5.32 Å². The van der Waals surface area contributed by atoms with Crippen molar-refractivity contribution >= 4 is 21.4 Å². The van der Waals surface area contributed by atoms with Crippen molar-refractivity contribution in [3.63, 3.8) is 0 Å². The van der Waals surface area contributed by atoms with Crippen LogP contribution in [0.5, 0.6) is 0 Å². The summed E-state index contributed by atoms with van der Waals surface area (Å²) in [5, 5.41) is 5.25. The number of hydrogen-bond donors (Lipinski definition) is 1. The van der Waals surface area contributed by atoms with Crippen LogP contribution in [0.3, 0.4) is 0 Å². The molecular formula is C16H15NS. The highest BCUT2D eigenvalue weighted by Gasteiger charge is 2.66. The summed E-state index contributed by atoms with van der Waals surface area (Å²) in [6.07, 6.45) is 7.54. The molecule has 18 heavy (non-hydrogen) atoms. The third-order valence-corrected chi connectivity index (χ3v) is 6.43. The molecule has 3 aliphatic rings. The SMILES string of the molecule is C1=C[C@@]23c4sc5ccccc5c4CNC2[C@H]3CC1. The minimum Gasteiger partial charge on any atom is -0.308 e. The zero-order valence-corrected chi connectivity index (χ0v) is 11.0. The molecule has 1 unspecified atom stereocenters. The van der Waals surface area contributed by atoms with Gasteiger partial charge in [0, 0.05) is 27.6 Å². The van der Waals surface area contributed by atoms with E-state index in [-0.39, 0.29) is 0 Å². The van der Waals surface area contributed by atoms with E-state index in [9.17, 15) is 0 Å². The molecule has 0 saturated heterocycles. The molecule has 3 atom stereocenters. The predicted molar refractivity (Wildman–Crippen MR) is 76.0 cm³/mol. The van der Waals surface area contributed by atoms with Gasteiger partial charge in [0.1, 0.15) is 0 Å². The van der Waals surface area contributed by atoms with Crippen molar-refractivity contribution in [1.29, 1.82) is 0 Å². The summed E-state index contributed by atoms with van der Waals surface area (Å²) in [4.78, 5) is 1.66. The molecule has 0 amide bonds. The molecule has 1 aromatic heterocycles. The van der Waals surface area contributed by atoms with Crippen LogP contribution in [0.2, 0.25) is 0 Å². The molecule has 1 fully saturated rings. The highest BCUT2D eigenvalue weighted by molar-refractivity contribution is 7.19. The van der Waals surface area contributed by atoms with Gasteiger partial charge in [0.15, 0.2) is 0 Å². The zero-order chi connectivity index (χ0) is 11.7. The normalized spacial score (nSPS) is 36.0. The number of thiophene rings is 1. The van der Waals surface area contributed by atoms with Crippen molar-refractivity contribution in [2.45, 2.75) is 30.8 Å². The van der Waals surface area contributed by atoms with Crippen LogP contribution in [-0.2, 0) is 12.0 Å². The second-order valence-corrected chi connectivity index (χ2v) is 6.84. The highest BCUT2D eigenvalue weighted by Crippen LogP contribution is 2.64. The zero-order valence-electron chi connectivity index (χ0n) is 10.1. The van der Waals surface area contributed by atoms with Gasteiger partial charge in [-0.2, -0.15) is 0 Å². The molecular weight excluding hydrogens is 238 g/mol. The van der Waals surface area contributed by atoms with E-state index in [0.29, 0.717) is 5.41 Å². The van der Waals surface area contributed by atoms with Gasteiger partial charge >= 0.3 is 0 Å². The third-order valence-electron chi connectivity index (χ3n) is 5.05. The van der Waals surface area contributed by atoms with E-state index in [4.69, 9.17) is 0 Å². The van der Waals surface area contributed by atoms with Gasteiger partial charge in [-0.15, -0.1) is 11.3 Å². The molecule has 1 saturated carbocycles. The minimum atomic E-state index is 0.371. The highest BCUT2D eigenvalue weighted by atomic mass is 32.1. The summed E-state index contributed by atoms with van der Waals surface area (Å²) < 4.78 is 1.46. The average Bonchev–Trinajstić information content (AvgIpc) is 2.96. The van der Waals surface area contributed by atoms with E-state index in [1.807, 2.05) is 11.3 Å². The van der Waals surface area contributed by atoms with Crippen LogP contribution >= 0.6 is 11.3 Å². The van der Waals surface area contributed by atoms with E-state index in [1.54, 1.807) is 10.4 Å². The molecule has 1 spiro atoms. The second kappa shape index (κ2) is 3.06. The minimum absolute atomic E-state index is 0.371. The predicted octanol–water partition coefficient (Wildman–Crippen LogP) is 3.59. The number of allylic oxidation sites excluding steroid dienone is 1. The molecule has 5 rings (SSSR count). The molecule has 90 valence electrons. The maximum atomic E-state index is 3.78. The standard InChI is InChI=1S/C16H15NS/c1-2-7-13-10(5-1)11-9-17-14-12-6-3-4-8-16(12,14)15(11)18-13/h1-2,4-5,7-8,12,14,17H,3,6,9H2/t12-,14?,16+/m1/s1. The van der Waals surface area contributed by atoms with Crippen LogP contribution < -0.4 is 5.32 Å². The molecule has 2 aromatic rings. The van der Waals surface area contributed by atoms with E-state index < -0.39 is 0 Å². The molecule has 2 heteroatoms. The van der Waals surface area contributed by atoms with E-state index >= 15 is 0 Å². The Hall–Kier alpha value is -1.12. The monoisotopic (exact) mass is 253 g/mol. The number of benzene rings is 1. The fourth-order valence-corrected chi connectivity index (χ4v) is 5.70. The molecule has 1 nitrogen and oxygen atoms in total. The fraction of sp³-hybridized carbons (Fsp3) is 0.375. The Labute approximate surface area is 111 Å². The number of rotatable bonds is 0. The topological polar surface area (TPSA) is 12.0 Å². The summed E-state index contributed by atoms with van der Waals surface area (Å²) in [6.45, 7) is 1.07. The van der Waals surface area contributed by atoms with Crippen molar-refractivity contribution in [2.75, 3.05) is 0 Å². The van der Waals surface area contributed by atoms with Crippen molar-refractivity contribution in [3.05, 3.63) is 46.9 Å². The van der Waals surface area contributed by atoms with E-state index in [0.717, 1.165) is 18.5 Å². The van der Waals surface area contributed by atoms with Crippen LogP contribution in [-0.4, -0.2) is 6.04 Å². The Bertz CT molecular complexity index is 677. The van der Waals surface area contributed by atoms with Crippen molar-refractivity contribution in [2.24, 2.45) is 5.92 Å². The van der Waals surface area contributed by atoms with Gasteiger partial charge in [-0.3, -0.25) is 0 Å². The van der Waals surface area contributed by atoms with Crippen molar-refractivity contribution in [3.8, 4) is 0 Å². The first-order valence-corrected chi connectivity index (χ1v) is 7.65. The van der Waals surface area contributed by atoms with Crippen molar-refractivity contribution in [1.82, 2.24) is 5.32 Å². The lowest BCUT2D eigenvalue weighted by molar-refractivity contribution is 0.603. The lowest BCUT2D eigenvalue weighted by atomic mass is 9.89. The summed E-state index contributed by atoms with van der Waals surface area (Å²) in [5.41, 5.74) is 1.94. The van der Waals surface area contributed by atoms with Crippen LogP contribution in [0.15, 0.2) is 36.4 Å². The van der Waals surface area contributed by atoms with Gasteiger partial charge in [-0.1, -0.05) is 30.4 Å². The molecule has 1 aliphatic heterocycles. The van der Waals surface area contributed by atoms with Crippen molar-refractivity contribution < 1.29 is 0 Å². The Morgan fingerprint density at radius 3 is 3.22 bits per heavy atom. The van der Waals surface area contributed by atoms with Crippen LogP contribution in [0.1, 0.15) is 23.3 Å². The quantitative estimate of drug-likeness (QED) is 0.707. The summed E-state index contributed by atoms with van der Waals surface area (Å²) in [5.74, 6) is 0.858. The third kappa shape index (κ3) is 0.952. The smallest absolute Gasteiger partial charge is 0.0430 e. The lowest BCUT2D eigenvalue weighted by Gasteiger charge is -2.21. The molecule has 2 heterocycles. The maximum Gasteiger partial charge on any atom is 0.0430 e.